The summed E-state index contributed by atoms with van der Waals surface area (Å²) in [4.78, 5) is 37.3. The summed E-state index contributed by atoms with van der Waals surface area (Å²) in [6.07, 6.45) is 22.0. The van der Waals surface area contributed by atoms with Crippen LogP contribution in [0.3, 0.4) is 0 Å². The van der Waals surface area contributed by atoms with Gasteiger partial charge in [-0.05, 0) is 219 Å². The van der Waals surface area contributed by atoms with Crippen LogP contribution in [0, 0.1) is 13.8 Å². The van der Waals surface area contributed by atoms with E-state index in [1.165, 1.54) is 167 Å². The Bertz CT molecular complexity index is 5000. The van der Waals surface area contributed by atoms with Crippen molar-refractivity contribution in [2.45, 2.75) is 86.9 Å². The fourth-order valence-corrected chi connectivity index (χ4v) is 19.7. The Morgan fingerprint density at radius 2 is 0.500 bits per heavy atom. The highest BCUT2D eigenvalue weighted by molar-refractivity contribution is 5.91. The molecule has 0 saturated heterocycles. The second-order valence-corrected chi connectivity index (χ2v) is 29.0. The van der Waals surface area contributed by atoms with Crippen LogP contribution in [0.15, 0.2) is 256 Å². The number of hydrogen-bond donors (Lipinski definition) is 0. The second kappa shape index (κ2) is 20.5. The molecule has 8 nitrogen and oxygen atoms in total. The number of aryl methyl sites for hydroxylation is 2. The lowest BCUT2D eigenvalue weighted by atomic mass is 9.75. The molecule has 2 unspecified atom stereocenters. The van der Waals surface area contributed by atoms with Crippen LogP contribution >= 0.6 is 0 Å². The Kier molecular flexibility index (Phi) is 11.7. The van der Waals surface area contributed by atoms with E-state index in [1.54, 1.807) is 12.7 Å². The molecule has 0 fully saturated rings. The summed E-state index contributed by atoms with van der Waals surface area (Å²) in [5.74, 6) is 0. The average Bonchev–Trinajstić information content (AvgIpc) is 1.57. The van der Waals surface area contributed by atoms with Gasteiger partial charge in [0.15, 0.2) is 0 Å². The van der Waals surface area contributed by atoms with E-state index in [9.17, 15) is 0 Å². The summed E-state index contributed by atoms with van der Waals surface area (Å²) >= 11 is 0. The third-order valence-corrected chi connectivity index (χ3v) is 23.8. The first-order valence-corrected chi connectivity index (χ1v) is 34.6. The van der Waals surface area contributed by atoms with Gasteiger partial charge in [-0.3, -0.25) is 19.9 Å². The van der Waals surface area contributed by atoms with E-state index in [0.717, 1.165) is 74.1 Å². The summed E-state index contributed by atoms with van der Waals surface area (Å²) < 4.78 is 0. The molecule has 4 heterocycles. The van der Waals surface area contributed by atoms with Crippen LogP contribution in [0.25, 0.3) is 89.0 Å². The Morgan fingerprint density at radius 1 is 0.235 bits per heavy atom. The van der Waals surface area contributed by atoms with E-state index in [-0.39, 0.29) is 21.7 Å². The van der Waals surface area contributed by atoms with Crippen LogP contribution in [0.5, 0.6) is 0 Å². The van der Waals surface area contributed by atoms with Gasteiger partial charge in [-0.25, -0.2) is 19.9 Å². The van der Waals surface area contributed by atoms with E-state index >= 15 is 0 Å². The number of nitrogens with zero attached hydrogens (tertiary/aromatic N) is 8. The van der Waals surface area contributed by atoms with Gasteiger partial charge in [0.05, 0.1) is 22.8 Å². The highest BCUT2D eigenvalue weighted by atomic mass is 14.9. The lowest BCUT2D eigenvalue weighted by molar-refractivity contribution is 0.558. The minimum atomic E-state index is -0.135. The van der Waals surface area contributed by atoms with Gasteiger partial charge in [-0.15, -0.1) is 0 Å². The van der Waals surface area contributed by atoms with Crippen molar-refractivity contribution in [3.8, 4) is 89.0 Å². The molecule has 10 aromatic carbocycles. The van der Waals surface area contributed by atoms with Gasteiger partial charge in [0.25, 0.3) is 0 Å². The van der Waals surface area contributed by atoms with E-state index in [1.807, 2.05) is 37.2 Å². The van der Waals surface area contributed by atoms with Crippen LogP contribution in [0.1, 0.15) is 101 Å². The topological polar surface area (TPSA) is 103 Å². The Labute approximate surface area is 569 Å². The highest BCUT2D eigenvalue weighted by Gasteiger charge is 2.52. The molecule has 0 N–H and O–H groups in total. The molecule has 4 aromatic heterocycles. The summed E-state index contributed by atoms with van der Waals surface area (Å²) in [7, 11) is 0. The minimum Gasteiger partial charge on any atom is -0.258 e. The van der Waals surface area contributed by atoms with Crippen molar-refractivity contribution in [3.63, 3.8) is 0 Å². The maximum Gasteiger partial charge on any atom is 0.115 e. The molecule has 0 radical (unpaired) electrons. The first-order chi connectivity index (χ1) is 48.2. The smallest absolute Gasteiger partial charge is 0.115 e. The molecule has 14 aromatic rings. The molecule has 98 heavy (non-hydrogen) atoms. The van der Waals surface area contributed by atoms with Crippen molar-refractivity contribution in [1.82, 2.24) is 39.9 Å². The largest absolute Gasteiger partial charge is 0.258 e. The monoisotopic (exact) mass is 1260 g/mol. The molecule has 8 aliphatic carbocycles. The molecule has 2 atom stereocenters. The summed E-state index contributed by atoms with van der Waals surface area (Å²) in [6.45, 7) is 4.44. The van der Waals surface area contributed by atoms with Gasteiger partial charge in [0.2, 0.25) is 0 Å². The van der Waals surface area contributed by atoms with Gasteiger partial charge in [-0.2, -0.15) is 0 Å². The lowest BCUT2D eigenvalue weighted by Gasteiger charge is -2.27. The van der Waals surface area contributed by atoms with E-state index in [0.29, 0.717) is 0 Å². The Hall–Kier alpha value is -11.5. The van der Waals surface area contributed by atoms with E-state index in [2.05, 4.69) is 230 Å². The maximum atomic E-state index is 4.77. The quantitative estimate of drug-likeness (QED) is 0.172. The number of rotatable bonds is 4. The molecule has 0 saturated carbocycles. The van der Waals surface area contributed by atoms with E-state index < -0.39 is 0 Å². The molecular weight excluding hydrogens is 1190 g/mol. The fraction of sp³-hybridized carbons (Fsp3) is 0.156. The SMILES string of the molecule is Cc1cc(-c2ccc3c(c2)C2(Cc4cncnc4C2)c2ccccc2-3)cc(-c2ccc3c(c2)C2(Cc4cncnc4C2)c2ccccc2-3)c1.Cc1cc(-c2ccc3c(c2)C2(Cc4nccnc4C2)c2ccccc2-3)cc(-c2ccc3c(c2)C2(Cc4nccnc4C2)c2ccccc2-3)c1. The molecule has 4 spiro atoms. The molecule has 0 amide bonds. The molecule has 0 aliphatic heterocycles. The van der Waals surface area contributed by atoms with Crippen LogP contribution in [-0.2, 0) is 73.0 Å². The average molecular weight is 1260 g/mol. The van der Waals surface area contributed by atoms with Crippen LogP contribution < -0.4 is 0 Å². The van der Waals surface area contributed by atoms with Crippen LogP contribution in [0.4, 0.5) is 0 Å². The summed E-state index contributed by atoms with van der Waals surface area (Å²) in [5.41, 5.74) is 43.4. The van der Waals surface area contributed by atoms with Gasteiger partial charge >= 0.3 is 0 Å². The zero-order chi connectivity index (χ0) is 64.6. The first kappa shape index (κ1) is 55.8. The van der Waals surface area contributed by atoms with Crippen LogP contribution in [0.2, 0.25) is 0 Å². The lowest BCUT2D eigenvalue weighted by Crippen LogP contribution is -2.26. The number of aromatic nitrogens is 8. The predicted octanol–water partition coefficient (Wildman–Crippen LogP) is 18.1. The zero-order valence-electron chi connectivity index (χ0n) is 54.5. The van der Waals surface area contributed by atoms with Crippen molar-refractivity contribution in [2.24, 2.45) is 0 Å². The van der Waals surface area contributed by atoms with Crippen molar-refractivity contribution < 1.29 is 0 Å². The zero-order valence-corrected chi connectivity index (χ0v) is 54.5. The van der Waals surface area contributed by atoms with Gasteiger partial charge in [0.1, 0.15) is 12.7 Å². The number of fused-ring (bicyclic) bond motifs is 24. The van der Waals surface area contributed by atoms with Crippen molar-refractivity contribution >= 4 is 0 Å². The van der Waals surface area contributed by atoms with Crippen molar-refractivity contribution in [2.75, 3.05) is 0 Å². The van der Waals surface area contributed by atoms with Gasteiger partial charge in [0, 0.05) is 109 Å². The van der Waals surface area contributed by atoms with Crippen molar-refractivity contribution in [3.05, 3.63) is 357 Å². The standard InChI is InChI=1S/2C45H32N4/c1-27-14-30(28-10-12-36-34-6-2-4-8-38(34)44(40(36)17-28)19-32-23-46-25-48-42(32)21-44)16-31(15-27)29-11-13-37-35-7-3-5-9-39(35)45(41(37)18-29)20-33-24-47-26-49-43(33)22-45;1-27-18-30(28-10-12-34-32-6-2-4-8-36(32)44(38(34)21-28)23-40-41(24-44)47-15-14-46-40)20-31(19-27)29-11-13-35-33-7-3-5-9-37(33)45(39(35)22-29)25-42-43(26-45)49-17-16-48-42/h2-18,23-26H,19-22H2,1H3;2-22H,23-26H2,1H3. The van der Waals surface area contributed by atoms with E-state index in [4.69, 9.17) is 29.9 Å². The first-order valence-electron chi connectivity index (χ1n) is 34.6. The molecule has 22 rings (SSSR count). The normalized spacial score (nSPS) is 18.2. The van der Waals surface area contributed by atoms with Gasteiger partial charge in [-0.1, -0.05) is 170 Å². The van der Waals surface area contributed by atoms with Gasteiger partial charge < -0.3 is 0 Å². The molecule has 8 heteroatoms. The molecule has 8 aliphatic rings. The third kappa shape index (κ3) is 7.94. The Balaban J connectivity index is 0.000000129. The number of benzene rings is 10. The minimum absolute atomic E-state index is 0.112. The van der Waals surface area contributed by atoms with Crippen molar-refractivity contribution in [1.29, 1.82) is 0 Å². The number of hydrogen-bond acceptors (Lipinski definition) is 8. The predicted molar refractivity (Wildman–Crippen MR) is 387 cm³/mol. The fourth-order valence-electron chi connectivity index (χ4n) is 19.7. The molecule has 0 bridgehead atoms. The third-order valence-electron chi connectivity index (χ3n) is 23.8. The summed E-state index contributed by atoms with van der Waals surface area (Å²) in [5, 5.41) is 0. The highest BCUT2D eigenvalue weighted by Crippen LogP contribution is 2.60. The second-order valence-electron chi connectivity index (χ2n) is 29.0. The molecular formula is C90H64N8. The summed E-state index contributed by atoms with van der Waals surface area (Å²) in [6, 6.07) is 78.5. The molecule has 464 valence electrons. The van der Waals surface area contributed by atoms with Crippen LogP contribution in [-0.4, -0.2) is 39.9 Å². The Morgan fingerprint density at radius 3 is 0.796 bits per heavy atom. The maximum absolute atomic E-state index is 4.77.